The maximum absolute atomic E-state index is 12.6. The third-order valence-corrected chi connectivity index (χ3v) is 5.65. The number of imide groups is 1. The highest BCUT2D eigenvalue weighted by atomic mass is 35.5. The van der Waals surface area contributed by atoms with E-state index in [1.54, 1.807) is 48.5 Å². The number of halogens is 2. The number of benzene rings is 3. The van der Waals surface area contributed by atoms with E-state index in [1.807, 2.05) is 6.07 Å². The Morgan fingerprint density at radius 3 is 2.00 bits per heavy atom. The van der Waals surface area contributed by atoms with Gasteiger partial charge in [0.25, 0.3) is 11.8 Å². The number of ketones is 1. The van der Waals surface area contributed by atoms with Crippen LogP contribution in [0.1, 0.15) is 42.2 Å². The van der Waals surface area contributed by atoms with E-state index in [-0.39, 0.29) is 33.6 Å². The summed E-state index contributed by atoms with van der Waals surface area (Å²) in [5, 5.41) is 0.279. The van der Waals surface area contributed by atoms with Gasteiger partial charge in [0.05, 0.1) is 21.2 Å². The largest absolute Gasteiger partial charge is 0.459 e. The minimum atomic E-state index is -0.767. The molecule has 0 aliphatic carbocycles. The van der Waals surface area contributed by atoms with E-state index in [2.05, 4.69) is 0 Å². The summed E-state index contributed by atoms with van der Waals surface area (Å²) in [5.74, 6) is -2.20. The monoisotopic (exact) mass is 467 g/mol. The molecule has 1 heterocycles. The maximum atomic E-state index is 12.6. The number of ether oxygens (including phenoxy) is 1. The van der Waals surface area contributed by atoms with Crippen LogP contribution < -0.4 is 0 Å². The van der Waals surface area contributed by atoms with Crippen LogP contribution in [0.4, 0.5) is 0 Å². The summed E-state index contributed by atoms with van der Waals surface area (Å²) < 4.78 is 5.22. The lowest BCUT2D eigenvalue weighted by Crippen LogP contribution is -2.35. The normalized spacial score (nSPS) is 12.6. The fourth-order valence-corrected chi connectivity index (χ4v) is 3.65. The summed E-state index contributed by atoms with van der Waals surface area (Å²) in [6, 6.07) is 18.1. The molecule has 0 radical (unpaired) electrons. The summed E-state index contributed by atoms with van der Waals surface area (Å²) in [5.41, 5.74) is 1.78. The summed E-state index contributed by atoms with van der Waals surface area (Å²) in [6.07, 6.45) is 0. The van der Waals surface area contributed by atoms with Gasteiger partial charge in [0.15, 0.2) is 5.78 Å². The molecule has 32 heavy (non-hydrogen) atoms. The van der Waals surface area contributed by atoms with Crippen LogP contribution >= 0.6 is 23.2 Å². The summed E-state index contributed by atoms with van der Waals surface area (Å²) in [4.78, 5) is 50.7. The van der Waals surface area contributed by atoms with Crippen molar-refractivity contribution in [3.05, 3.63) is 105 Å². The number of carbonyl (C=O) groups excluding carboxylic acids is 4. The zero-order valence-corrected chi connectivity index (χ0v) is 18.0. The highest BCUT2D eigenvalue weighted by Crippen LogP contribution is 2.31. The molecule has 0 aromatic heterocycles. The lowest BCUT2D eigenvalue weighted by molar-refractivity contribution is -0.145. The second kappa shape index (κ2) is 8.94. The van der Waals surface area contributed by atoms with Gasteiger partial charge in [-0.15, -0.1) is 0 Å². The highest BCUT2D eigenvalue weighted by Gasteiger charge is 2.37. The van der Waals surface area contributed by atoms with E-state index < -0.39 is 24.3 Å². The Morgan fingerprint density at radius 2 is 1.38 bits per heavy atom. The van der Waals surface area contributed by atoms with Crippen LogP contribution in [-0.2, 0) is 16.1 Å². The standard InChI is InChI=1S/C24H15Cl2NO5/c25-19-10-17-18(11-20(19)26)24(31)27(23(17)30)12-21(28)32-13-14-5-4-8-16(9-14)22(29)15-6-2-1-3-7-15/h1-11H,12-13H2. The van der Waals surface area contributed by atoms with Gasteiger partial charge in [0.1, 0.15) is 13.2 Å². The molecule has 0 saturated carbocycles. The van der Waals surface area contributed by atoms with Crippen molar-refractivity contribution in [3.63, 3.8) is 0 Å². The fraction of sp³-hybridized carbons (Fsp3) is 0.0833. The van der Waals surface area contributed by atoms with Gasteiger partial charge in [-0.2, -0.15) is 0 Å². The van der Waals surface area contributed by atoms with Crippen LogP contribution in [0.3, 0.4) is 0 Å². The van der Waals surface area contributed by atoms with Gasteiger partial charge >= 0.3 is 5.97 Å². The summed E-state index contributed by atoms with van der Waals surface area (Å²) in [7, 11) is 0. The molecule has 2 amide bonds. The van der Waals surface area contributed by atoms with E-state index in [9.17, 15) is 19.2 Å². The molecule has 6 nitrogen and oxygen atoms in total. The number of nitrogens with zero attached hydrogens (tertiary/aromatic N) is 1. The Labute approximate surface area is 193 Å². The third-order valence-electron chi connectivity index (χ3n) is 4.92. The van der Waals surface area contributed by atoms with Gasteiger partial charge < -0.3 is 4.74 Å². The Balaban J connectivity index is 1.40. The molecule has 0 bridgehead atoms. The van der Waals surface area contributed by atoms with Gasteiger partial charge in [-0.1, -0.05) is 71.7 Å². The topological polar surface area (TPSA) is 80.8 Å². The van der Waals surface area contributed by atoms with Crippen molar-refractivity contribution in [2.75, 3.05) is 6.54 Å². The fourth-order valence-electron chi connectivity index (χ4n) is 3.32. The van der Waals surface area contributed by atoms with Gasteiger partial charge in [0.2, 0.25) is 0 Å². The van der Waals surface area contributed by atoms with Gasteiger partial charge in [-0.05, 0) is 23.8 Å². The van der Waals surface area contributed by atoms with Crippen molar-refractivity contribution < 1.29 is 23.9 Å². The molecule has 8 heteroatoms. The molecule has 0 N–H and O–H groups in total. The molecule has 4 rings (SSSR count). The second-order valence-electron chi connectivity index (χ2n) is 7.06. The van der Waals surface area contributed by atoms with E-state index in [1.165, 1.54) is 12.1 Å². The molecule has 0 saturated heterocycles. The maximum Gasteiger partial charge on any atom is 0.326 e. The van der Waals surface area contributed by atoms with Gasteiger partial charge in [-0.25, -0.2) is 0 Å². The lowest BCUT2D eigenvalue weighted by Gasteiger charge is -2.13. The highest BCUT2D eigenvalue weighted by molar-refractivity contribution is 6.43. The minimum Gasteiger partial charge on any atom is -0.459 e. The first-order valence-electron chi connectivity index (χ1n) is 9.54. The first-order valence-corrected chi connectivity index (χ1v) is 10.3. The van der Waals surface area contributed by atoms with Crippen molar-refractivity contribution in [1.29, 1.82) is 0 Å². The summed E-state index contributed by atoms with van der Waals surface area (Å²) >= 11 is 11.8. The molecule has 1 aliphatic rings. The molecule has 3 aromatic rings. The predicted octanol–water partition coefficient (Wildman–Crippen LogP) is 4.56. The van der Waals surface area contributed by atoms with E-state index in [0.29, 0.717) is 16.7 Å². The molecule has 0 fully saturated rings. The SMILES string of the molecule is O=C(CN1C(=O)c2cc(Cl)c(Cl)cc2C1=O)OCc1cccc(C(=O)c2ccccc2)c1. The third kappa shape index (κ3) is 4.28. The number of hydrogen-bond acceptors (Lipinski definition) is 5. The van der Waals surface area contributed by atoms with Crippen molar-refractivity contribution in [1.82, 2.24) is 4.90 Å². The smallest absolute Gasteiger partial charge is 0.326 e. The number of amides is 2. The number of fused-ring (bicyclic) bond motifs is 1. The Hall–Kier alpha value is -3.48. The van der Waals surface area contributed by atoms with Crippen molar-refractivity contribution in [3.8, 4) is 0 Å². The molecule has 1 aliphatic heterocycles. The minimum absolute atomic E-state index is 0.0873. The van der Waals surface area contributed by atoms with Gasteiger partial charge in [-0.3, -0.25) is 24.1 Å². The Bertz CT molecular complexity index is 1220. The predicted molar refractivity (Wildman–Crippen MR) is 118 cm³/mol. The molecule has 0 unspecified atom stereocenters. The van der Waals surface area contributed by atoms with Crippen molar-refractivity contribution in [2.24, 2.45) is 0 Å². The molecule has 0 spiro atoms. The average molecular weight is 468 g/mol. The molecular formula is C24H15Cl2NO5. The molecule has 3 aromatic carbocycles. The number of carbonyl (C=O) groups is 4. The van der Waals surface area contributed by atoms with Crippen molar-refractivity contribution in [2.45, 2.75) is 6.61 Å². The van der Waals surface area contributed by atoms with Crippen molar-refractivity contribution >= 4 is 46.8 Å². The first kappa shape index (κ1) is 21.7. The first-order chi connectivity index (χ1) is 15.3. The quantitative estimate of drug-likeness (QED) is 0.301. The lowest BCUT2D eigenvalue weighted by atomic mass is 10.0. The van der Waals surface area contributed by atoms with Crippen LogP contribution in [0.5, 0.6) is 0 Å². The molecular weight excluding hydrogens is 453 g/mol. The van der Waals surface area contributed by atoms with Gasteiger partial charge in [0, 0.05) is 11.1 Å². The van der Waals surface area contributed by atoms with Crippen LogP contribution in [0.2, 0.25) is 10.0 Å². The van der Waals surface area contributed by atoms with Crippen LogP contribution in [0.25, 0.3) is 0 Å². The number of rotatable bonds is 6. The zero-order chi connectivity index (χ0) is 22.8. The van der Waals surface area contributed by atoms with Crippen LogP contribution in [0, 0.1) is 0 Å². The van der Waals surface area contributed by atoms with Crippen LogP contribution in [0.15, 0.2) is 66.7 Å². The number of esters is 1. The second-order valence-corrected chi connectivity index (χ2v) is 7.88. The van der Waals surface area contributed by atoms with Crippen LogP contribution in [-0.4, -0.2) is 35.0 Å². The number of hydrogen-bond donors (Lipinski definition) is 0. The van der Waals surface area contributed by atoms with E-state index in [4.69, 9.17) is 27.9 Å². The Morgan fingerprint density at radius 1 is 0.781 bits per heavy atom. The average Bonchev–Trinajstić information content (AvgIpc) is 3.02. The Kier molecular flexibility index (Phi) is 6.08. The molecule has 160 valence electrons. The molecule has 0 atom stereocenters. The summed E-state index contributed by atoms with van der Waals surface area (Å²) in [6.45, 7) is -0.667. The van der Waals surface area contributed by atoms with E-state index in [0.717, 1.165) is 4.90 Å². The zero-order valence-electron chi connectivity index (χ0n) is 16.5. The van der Waals surface area contributed by atoms with E-state index >= 15 is 0 Å².